The first-order chi connectivity index (χ1) is 11.1. The standard InChI is InChI=1S/C18H26N4O/c1-14-10-15(2)13-22(12-14)9-3-8-20-18(23)21-17-6-4-16(11-19)5-7-17/h4-7,14-15H,3,8-10,12-13H2,1-2H3,(H2,20,21,23). The molecule has 5 nitrogen and oxygen atoms in total. The van der Waals surface area contributed by atoms with Crippen molar-refractivity contribution in [3.63, 3.8) is 0 Å². The maximum absolute atomic E-state index is 11.8. The van der Waals surface area contributed by atoms with Crippen molar-refractivity contribution in [1.82, 2.24) is 10.2 Å². The van der Waals surface area contributed by atoms with Gasteiger partial charge in [0.2, 0.25) is 0 Å². The Balaban J connectivity index is 1.63. The maximum atomic E-state index is 11.8. The Morgan fingerprint density at radius 3 is 2.52 bits per heavy atom. The lowest BCUT2D eigenvalue weighted by Crippen LogP contribution is -2.40. The molecule has 0 spiro atoms. The van der Waals surface area contributed by atoms with E-state index in [9.17, 15) is 4.79 Å². The minimum Gasteiger partial charge on any atom is -0.338 e. The normalized spacial score (nSPS) is 21.4. The third kappa shape index (κ3) is 5.91. The first kappa shape index (κ1) is 17.3. The molecule has 2 atom stereocenters. The van der Waals surface area contributed by atoms with Gasteiger partial charge in [0.1, 0.15) is 0 Å². The van der Waals surface area contributed by atoms with Crippen LogP contribution in [0.15, 0.2) is 24.3 Å². The van der Waals surface area contributed by atoms with Gasteiger partial charge < -0.3 is 15.5 Å². The summed E-state index contributed by atoms with van der Waals surface area (Å²) in [5.41, 5.74) is 1.28. The molecule has 1 aliphatic rings. The average Bonchev–Trinajstić information content (AvgIpc) is 2.51. The third-order valence-electron chi connectivity index (χ3n) is 4.15. The highest BCUT2D eigenvalue weighted by Crippen LogP contribution is 2.20. The first-order valence-corrected chi connectivity index (χ1v) is 8.34. The lowest BCUT2D eigenvalue weighted by atomic mass is 9.92. The van der Waals surface area contributed by atoms with E-state index >= 15 is 0 Å². The van der Waals surface area contributed by atoms with Crippen molar-refractivity contribution in [2.45, 2.75) is 26.7 Å². The molecule has 23 heavy (non-hydrogen) atoms. The van der Waals surface area contributed by atoms with Crippen LogP contribution in [0, 0.1) is 23.2 Å². The molecular formula is C18H26N4O. The van der Waals surface area contributed by atoms with Crippen molar-refractivity contribution in [2.24, 2.45) is 11.8 Å². The Morgan fingerprint density at radius 2 is 1.91 bits per heavy atom. The van der Waals surface area contributed by atoms with E-state index in [4.69, 9.17) is 5.26 Å². The fourth-order valence-electron chi connectivity index (χ4n) is 3.28. The highest BCUT2D eigenvalue weighted by molar-refractivity contribution is 5.89. The van der Waals surface area contributed by atoms with Gasteiger partial charge in [-0.05, 0) is 55.5 Å². The van der Waals surface area contributed by atoms with E-state index in [0.29, 0.717) is 17.8 Å². The van der Waals surface area contributed by atoms with Gasteiger partial charge in [0.05, 0.1) is 11.6 Å². The number of hydrogen-bond donors (Lipinski definition) is 2. The van der Waals surface area contributed by atoms with E-state index < -0.39 is 0 Å². The van der Waals surface area contributed by atoms with E-state index in [1.165, 1.54) is 19.5 Å². The van der Waals surface area contributed by atoms with Crippen molar-refractivity contribution in [3.8, 4) is 6.07 Å². The fourth-order valence-corrected chi connectivity index (χ4v) is 3.28. The average molecular weight is 314 g/mol. The van der Waals surface area contributed by atoms with E-state index in [1.54, 1.807) is 24.3 Å². The van der Waals surface area contributed by atoms with Gasteiger partial charge in [0, 0.05) is 25.3 Å². The van der Waals surface area contributed by atoms with Crippen molar-refractivity contribution < 1.29 is 4.79 Å². The summed E-state index contributed by atoms with van der Waals surface area (Å²) in [5.74, 6) is 1.54. The van der Waals surface area contributed by atoms with E-state index in [1.807, 2.05) is 0 Å². The van der Waals surface area contributed by atoms with Gasteiger partial charge in [-0.25, -0.2) is 4.79 Å². The lowest BCUT2D eigenvalue weighted by molar-refractivity contribution is 0.140. The van der Waals surface area contributed by atoms with Crippen molar-refractivity contribution in [3.05, 3.63) is 29.8 Å². The van der Waals surface area contributed by atoms with E-state index in [2.05, 4.69) is 35.5 Å². The number of benzene rings is 1. The number of piperidine rings is 1. The number of rotatable bonds is 5. The van der Waals surface area contributed by atoms with Gasteiger partial charge in [0.25, 0.3) is 0 Å². The predicted octanol–water partition coefficient (Wildman–Crippen LogP) is 3.05. The molecule has 0 radical (unpaired) electrons. The van der Waals surface area contributed by atoms with Crippen LogP contribution >= 0.6 is 0 Å². The highest BCUT2D eigenvalue weighted by Gasteiger charge is 2.20. The Morgan fingerprint density at radius 1 is 1.26 bits per heavy atom. The first-order valence-electron chi connectivity index (χ1n) is 8.34. The van der Waals surface area contributed by atoms with Crippen molar-refractivity contribution in [1.29, 1.82) is 5.26 Å². The number of anilines is 1. The maximum Gasteiger partial charge on any atom is 0.319 e. The number of nitrogens with one attached hydrogen (secondary N) is 2. The summed E-state index contributed by atoms with van der Waals surface area (Å²) in [5, 5.41) is 14.4. The van der Waals surface area contributed by atoms with Crippen molar-refractivity contribution in [2.75, 3.05) is 31.5 Å². The van der Waals surface area contributed by atoms with E-state index in [-0.39, 0.29) is 6.03 Å². The lowest BCUT2D eigenvalue weighted by Gasteiger charge is -2.34. The number of nitriles is 1. The summed E-state index contributed by atoms with van der Waals surface area (Å²) in [6, 6.07) is 8.69. The van der Waals surface area contributed by atoms with Gasteiger partial charge in [0.15, 0.2) is 0 Å². The summed E-state index contributed by atoms with van der Waals surface area (Å²) in [6.07, 6.45) is 2.28. The molecule has 124 valence electrons. The monoisotopic (exact) mass is 314 g/mol. The van der Waals surface area contributed by atoms with Crippen LogP contribution in [0.1, 0.15) is 32.3 Å². The second kappa shape index (κ2) is 8.54. The summed E-state index contributed by atoms with van der Waals surface area (Å²) >= 11 is 0. The van der Waals surface area contributed by atoms with Gasteiger partial charge in [-0.15, -0.1) is 0 Å². The molecule has 0 aliphatic carbocycles. The SMILES string of the molecule is CC1CC(C)CN(CCCNC(=O)Nc2ccc(C#N)cc2)C1. The largest absolute Gasteiger partial charge is 0.338 e. The Labute approximate surface area is 138 Å². The number of hydrogen-bond acceptors (Lipinski definition) is 3. The number of amides is 2. The molecule has 2 rings (SSSR count). The zero-order chi connectivity index (χ0) is 16.7. The van der Waals surface area contributed by atoms with Crippen LogP contribution in [0.25, 0.3) is 0 Å². The van der Waals surface area contributed by atoms with Crippen LogP contribution in [0.4, 0.5) is 10.5 Å². The Hall–Kier alpha value is -2.06. The van der Waals surface area contributed by atoms with Gasteiger partial charge in [-0.1, -0.05) is 13.8 Å². The molecule has 1 aliphatic heterocycles. The summed E-state index contributed by atoms with van der Waals surface area (Å²) in [4.78, 5) is 14.3. The van der Waals surface area contributed by atoms with Crippen LogP contribution in [-0.2, 0) is 0 Å². The number of carbonyl (C=O) groups excluding carboxylic acids is 1. The van der Waals surface area contributed by atoms with Gasteiger partial charge >= 0.3 is 6.03 Å². The minimum absolute atomic E-state index is 0.199. The molecule has 0 bridgehead atoms. The molecular weight excluding hydrogens is 288 g/mol. The molecule has 5 heteroatoms. The van der Waals surface area contributed by atoms with Crippen LogP contribution in [0.2, 0.25) is 0 Å². The summed E-state index contributed by atoms with van der Waals surface area (Å²) < 4.78 is 0. The highest BCUT2D eigenvalue weighted by atomic mass is 16.2. The smallest absolute Gasteiger partial charge is 0.319 e. The number of nitrogens with zero attached hydrogens (tertiary/aromatic N) is 2. The van der Waals surface area contributed by atoms with Crippen LogP contribution in [0.5, 0.6) is 0 Å². The second-order valence-corrected chi connectivity index (χ2v) is 6.63. The predicted molar refractivity (Wildman–Crippen MR) is 92.2 cm³/mol. The Kier molecular flexibility index (Phi) is 6.42. The quantitative estimate of drug-likeness (QED) is 0.821. The number of carbonyl (C=O) groups is 1. The Bertz CT molecular complexity index is 539. The third-order valence-corrected chi connectivity index (χ3v) is 4.15. The summed E-state index contributed by atoms with van der Waals surface area (Å²) in [7, 11) is 0. The van der Waals surface area contributed by atoms with Crippen LogP contribution < -0.4 is 10.6 Å². The van der Waals surface area contributed by atoms with Crippen LogP contribution in [-0.4, -0.2) is 37.1 Å². The molecule has 1 aromatic rings. The molecule has 0 saturated carbocycles. The van der Waals surface area contributed by atoms with Gasteiger partial charge in [-0.2, -0.15) is 5.26 Å². The number of urea groups is 1. The minimum atomic E-state index is -0.199. The molecule has 2 amide bonds. The molecule has 1 fully saturated rings. The topological polar surface area (TPSA) is 68.2 Å². The zero-order valence-electron chi connectivity index (χ0n) is 14.0. The van der Waals surface area contributed by atoms with Crippen molar-refractivity contribution >= 4 is 11.7 Å². The number of likely N-dealkylation sites (tertiary alicyclic amines) is 1. The molecule has 2 N–H and O–H groups in total. The molecule has 0 aromatic heterocycles. The molecule has 1 aromatic carbocycles. The van der Waals surface area contributed by atoms with Gasteiger partial charge in [-0.3, -0.25) is 0 Å². The summed E-state index contributed by atoms with van der Waals surface area (Å²) in [6.45, 7) is 8.66. The van der Waals surface area contributed by atoms with E-state index in [0.717, 1.165) is 24.8 Å². The van der Waals surface area contributed by atoms with Crippen LogP contribution in [0.3, 0.4) is 0 Å². The molecule has 1 heterocycles. The molecule has 2 unspecified atom stereocenters. The fraction of sp³-hybridized carbons (Fsp3) is 0.556. The zero-order valence-corrected chi connectivity index (χ0v) is 14.0. The molecule has 1 saturated heterocycles. The second-order valence-electron chi connectivity index (χ2n) is 6.63.